The summed E-state index contributed by atoms with van der Waals surface area (Å²) in [6.45, 7) is 7.62. The van der Waals surface area contributed by atoms with Gasteiger partial charge in [-0.3, -0.25) is 0 Å². The summed E-state index contributed by atoms with van der Waals surface area (Å²) in [6, 6.07) is 6.84. The minimum Gasteiger partial charge on any atom is -0.357 e. The molecule has 1 unspecified atom stereocenters. The number of hydrogen-bond acceptors (Lipinski definition) is 1. The van der Waals surface area contributed by atoms with Crippen molar-refractivity contribution in [3.05, 3.63) is 35.6 Å². The second kappa shape index (κ2) is 9.23. The summed E-state index contributed by atoms with van der Waals surface area (Å²) in [6.07, 6.45) is 2.48. The van der Waals surface area contributed by atoms with Crippen LogP contribution in [0.2, 0.25) is 0 Å². The largest absolute Gasteiger partial charge is 0.357 e. The molecule has 0 saturated carbocycles. The van der Waals surface area contributed by atoms with E-state index in [0.717, 1.165) is 25.6 Å². The average Bonchev–Trinajstić information content (AvgIpc) is 2.45. The fourth-order valence-corrected chi connectivity index (χ4v) is 2.59. The quantitative estimate of drug-likeness (QED) is 0.473. The first kappa shape index (κ1) is 18.2. The molecular formula is C16H25FIN3. The van der Waals surface area contributed by atoms with E-state index in [0.29, 0.717) is 18.0 Å². The molecule has 118 valence electrons. The van der Waals surface area contributed by atoms with Crippen molar-refractivity contribution in [3.63, 3.8) is 0 Å². The van der Waals surface area contributed by atoms with Gasteiger partial charge >= 0.3 is 0 Å². The summed E-state index contributed by atoms with van der Waals surface area (Å²) in [5.41, 5.74) is 0.646. The lowest BCUT2D eigenvalue weighted by molar-refractivity contribution is 0.266. The van der Waals surface area contributed by atoms with E-state index in [9.17, 15) is 4.39 Å². The molecule has 0 spiro atoms. The molecule has 1 atom stereocenters. The molecule has 2 rings (SSSR count). The zero-order valence-electron chi connectivity index (χ0n) is 12.8. The fourth-order valence-electron chi connectivity index (χ4n) is 2.59. The van der Waals surface area contributed by atoms with E-state index in [1.807, 2.05) is 6.07 Å². The average molecular weight is 405 g/mol. The van der Waals surface area contributed by atoms with Crippen LogP contribution in [0.25, 0.3) is 0 Å². The Kier molecular flexibility index (Phi) is 8.00. The van der Waals surface area contributed by atoms with Crippen LogP contribution >= 0.6 is 24.0 Å². The first-order valence-corrected chi connectivity index (χ1v) is 7.47. The predicted molar refractivity (Wildman–Crippen MR) is 96.6 cm³/mol. The molecule has 1 saturated heterocycles. The summed E-state index contributed by atoms with van der Waals surface area (Å²) in [5, 5.41) is 3.32. The summed E-state index contributed by atoms with van der Waals surface area (Å²) >= 11 is 0. The van der Waals surface area contributed by atoms with Crippen LogP contribution in [0.1, 0.15) is 32.3 Å². The minimum absolute atomic E-state index is 0. The van der Waals surface area contributed by atoms with Crippen molar-refractivity contribution in [1.29, 1.82) is 0 Å². The lowest BCUT2D eigenvalue weighted by Crippen LogP contribution is -2.46. The van der Waals surface area contributed by atoms with Crippen LogP contribution in [0, 0.1) is 11.7 Å². The molecule has 1 aromatic rings. The van der Waals surface area contributed by atoms with E-state index >= 15 is 0 Å². The second-order valence-corrected chi connectivity index (χ2v) is 5.45. The highest BCUT2D eigenvalue weighted by molar-refractivity contribution is 14.0. The number of benzene rings is 1. The van der Waals surface area contributed by atoms with E-state index < -0.39 is 0 Å². The van der Waals surface area contributed by atoms with Crippen LogP contribution in [0.5, 0.6) is 0 Å². The van der Waals surface area contributed by atoms with Gasteiger partial charge in [0, 0.05) is 25.2 Å². The van der Waals surface area contributed by atoms with Gasteiger partial charge < -0.3 is 10.2 Å². The molecular weight excluding hydrogens is 380 g/mol. The molecule has 0 aliphatic carbocycles. The van der Waals surface area contributed by atoms with Crippen molar-refractivity contribution in [2.45, 2.75) is 33.2 Å². The van der Waals surface area contributed by atoms with Crippen LogP contribution in [-0.4, -0.2) is 30.5 Å². The molecule has 1 N–H and O–H groups in total. The Morgan fingerprint density at radius 1 is 1.43 bits per heavy atom. The predicted octanol–water partition coefficient (Wildman–Crippen LogP) is 3.64. The Bertz CT molecular complexity index is 465. The van der Waals surface area contributed by atoms with Crippen molar-refractivity contribution in [3.8, 4) is 0 Å². The summed E-state index contributed by atoms with van der Waals surface area (Å²) < 4.78 is 13.6. The van der Waals surface area contributed by atoms with Gasteiger partial charge in [0.25, 0.3) is 0 Å². The Morgan fingerprint density at radius 2 is 2.19 bits per heavy atom. The number of likely N-dealkylation sites (tertiary alicyclic amines) is 1. The standard InChI is InChI=1S/C16H24FN3.HI/c1-3-18-16(20-10-6-7-13(2)12-20)19-11-14-8-4-5-9-15(14)17;/h4-5,8-9,13H,3,6-7,10-12H2,1-2H3,(H,18,19);1H. The third-order valence-corrected chi connectivity index (χ3v) is 3.65. The first-order chi connectivity index (χ1) is 9.70. The zero-order valence-corrected chi connectivity index (χ0v) is 15.1. The Balaban J connectivity index is 0.00000220. The van der Waals surface area contributed by atoms with Crippen LogP contribution in [0.3, 0.4) is 0 Å². The second-order valence-electron chi connectivity index (χ2n) is 5.45. The third-order valence-electron chi connectivity index (χ3n) is 3.65. The first-order valence-electron chi connectivity index (χ1n) is 7.47. The highest BCUT2D eigenvalue weighted by Gasteiger charge is 2.19. The van der Waals surface area contributed by atoms with Crippen molar-refractivity contribution < 1.29 is 4.39 Å². The van der Waals surface area contributed by atoms with E-state index in [2.05, 4.69) is 29.1 Å². The van der Waals surface area contributed by atoms with Gasteiger partial charge in [-0.05, 0) is 31.7 Å². The van der Waals surface area contributed by atoms with Gasteiger partial charge in [0.1, 0.15) is 5.82 Å². The molecule has 1 aliphatic heterocycles. The third kappa shape index (κ3) is 5.45. The summed E-state index contributed by atoms with van der Waals surface area (Å²) in [4.78, 5) is 6.88. The molecule has 0 bridgehead atoms. The fraction of sp³-hybridized carbons (Fsp3) is 0.562. The number of guanidine groups is 1. The molecule has 0 radical (unpaired) electrons. The molecule has 21 heavy (non-hydrogen) atoms. The maximum Gasteiger partial charge on any atom is 0.194 e. The van der Waals surface area contributed by atoms with Gasteiger partial charge in [0.15, 0.2) is 5.96 Å². The summed E-state index contributed by atoms with van der Waals surface area (Å²) in [7, 11) is 0. The summed E-state index contributed by atoms with van der Waals surface area (Å²) in [5.74, 6) is 1.42. The smallest absolute Gasteiger partial charge is 0.194 e. The maximum absolute atomic E-state index is 13.6. The van der Waals surface area contributed by atoms with Crippen molar-refractivity contribution in [2.24, 2.45) is 10.9 Å². The lowest BCUT2D eigenvalue weighted by Gasteiger charge is -2.33. The van der Waals surface area contributed by atoms with Crippen molar-refractivity contribution >= 4 is 29.9 Å². The molecule has 1 aromatic carbocycles. The van der Waals surface area contributed by atoms with E-state index in [4.69, 9.17) is 0 Å². The van der Waals surface area contributed by atoms with Crippen molar-refractivity contribution in [1.82, 2.24) is 10.2 Å². The Labute approximate surface area is 144 Å². The van der Waals surface area contributed by atoms with E-state index in [-0.39, 0.29) is 29.8 Å². The number of rotatable bonds is 3. The Hall–Kier alpha value is -0.850. The molecule has 1 heterocycles. The Morgan fingerprint density at radius 3 is 2.86 bits per heavy atom. The molecule has 0 amide bonds. The number of nitrogens with zero attached hydrogens (tertiary/aromatic N) is 2. The van der Waals surface area contributed by atoms with E-state index in [1.54, 1.807) is 12.1 Å². The van der Waals surface area contributed by atoms with Gasteiger partial charge in [-0.2, -0.15) is 0 Å². The number of halogens is 2. The van der Waals surface area contributed by atoms with Crippen LogP contribution in [-0.2, 0) is 6.54 Å². The lowest BCUT2D eigenvalue weighted by atomic mass is 10.0. The molecule has 0 aromatic heterocycles. The zero-order chi connectivity index (χ0) is 14.4. The van der Waals surface area contributed by atoms with Gasteiger partial charge in [0.2, 0.25) is 0 Å². The molecule has 1 fully saturated rings. The number of hydrogen-bond donors (Lipinski definition) is 1. The van der Waals surface area contributed by atoms with Gasteiger partial charge in [-0.15, -0.1) is 24.0 Å². The van der Waals surface area contributed by atoms with Crippen LogP contribution < -0.4 is 5.32 Å². The van der Waals surface area contributed by atoms with Crippen molar-refractivity contribution in [2.75, 3.05) is 19.6 Å². The van der Waals surface area contributed by atoms with Gasteiger partial charge in [-0.1, -0.05) is 25.1 Å². The monoisotopic (exact) mass is 405 g/mol. The molecule has 1 aliphatic rings. The number of aliphatic imine (C=N–C) groups is 1. The van der Waals surface area contributed by atoms with Gasteiger partial charge in [0.05, 0.1) is 6.54 Å². The molecule has 3 nitrogen and oxygen atoms in total. The number of piperidine rings is 1. The highest BCUT2D eigenvalue weighted by atomic mass is 127. The topological polar surface area (TPSA) is 27.6 Å². The normalized spacial score (nSPS) is 19.1. The number of nitrogens with one attached hydrogen (secondary N) is 1. The molecule has 5 heteroatoms. The van der Waals surface area contributed by atoms with Crippen LogP contribution in [0.4, 0.5) is 4.39 Å². The minimum atomic E-state index is -0.181. The SMILES string of the molecule is CCNC(=NCc1ccccc1F)N1CCCC(C)C1.I. The van der Waals surface area contributed by atoms with Crippen LogP contribution in [0.15, 0.2) is 29.3 Å². The van der Waals surface area contributed by atoms with E-state index in [1.165, 1.54) is 18.9 Å². The highest BCUT2D eigenvalue weighted by Crippen LogP contribution is 2.16. The van der Waals surface area contributed by atoms with Gasteiger partial charge in [-0.25, -0.2) is 9.38 Å². The maximum atomic E-state index is 13.6.